The summed E-state index contributed by atoms with van der Waals surface area (Å²) in [4.78, 5) is 27.5. The van der Waals surface area contributed by atoms with Crippen molar-refractivity contribution in [3.63, 3.8) is 0 Å². The lowest BCUT2D eigenvalue weighted by Gasteiger charge is -2.01. The normalized spacial score (nSPS) is 11.2. The van der Waals surface area contributed by atoms with Crippen molar-refractivity contribution in [2.24, 2.45) is 0 Å². The average molecular weight is 346 g/mol. The first kappa shape index (κ1) is 17.7. The van der Waals surface area contributed by atoms with Crippen LogP contribution in [0.15, 0.2) is 42.5 Å². The third-order valence-electron chi connectivity index (χ3n) is 2.80. The van der Waals surface area contributed by atoms with Crippen molar-refractivity contribution >= 4 is 38.6 Å². The molecule has 0 fully saturated rings. The minimum absolute atomic E-state index is 0.362. The van der Waals surface area contributed by atoms with Crippen LogP contribution in [0.25, 0.3) is 10.2 Å². The van der Waals surface area contributed by atoms with E-state index in [0.717, 1.165) is 16.0 Å². The number of esters is 1. The van der Waals surface area contributed by atoms with Crippen LogP contribution in [0.2, 0.25) is 0 Å². The fraction of sp³-hybridized carbons (Fsp3) is 0.235. The van der Waals surface area contributed by atoms with Crippen LogP contribution >= 0.6 is 11.3 Å². The number of benzene rings is 1. The summed E-state index contributed by atoms with van der Waals surface area (Å²) in [5.74, 6) is -0.255. The molecule has 0 aliphatic carbocycles. The summed E-state index contributed by atoms with van der Waals surface area (Å²) >= 11 is 1.33. The van der Waals surface area contributed by atoms with Crippen molar-refractivity contribution in [2.75, 3.05) is 18.5 Å². The van der Waals surface area contributed by atoms with Crippen LogP contribution in [0.3, 0.4) is 0 Å². The smallest absolute Gasteiger partial charge is 0.331 e. The second kappa shape index (κ2) is 8.83. The molecule has 2 aromatic rings. The fourth-order valence-electron chi connectivity index (χ4n) is 1.80. The number of amides is 1. The number of thiazole rings is 1. The van der Waals surface area contributed by atoms with Gasteiger partial charge in [0.25, 0.3) is 5.91 Å². The van der Waals surface area contributed by atoms with E-state index in [4.69, 9.17) is 9.47 Å². The van der Waals surface area contributed by atoms with Gasteiger partial charge in [0.05, 0.1) is 16.8 Å². The van der Waals surface area contributed by atoms with Crippen molar-refractivity contribution in [1.82, 2.24) is 4.98 Å². The summed E-state index contributed by atoms with van der Waals surface area (Å²) in [5.41, 5.74) is 0.769. The maximum atomic E-state index is 11.8. The Labute approximate surface area is 143 Å². The zero-order valence-electron chi connectivity index (χ0n) is 13.4. The van der Waals surface area contributed by atoms with Gasteiger partial charge in [-0.1, -0.05) is 29.6 Å². The van der Waals surface area contributed by atoms with Gasteiger partial charge in [0.2, 0.25) is 0 Å². The van der Waals surface area contributed by atoms with Crippen LogP contribution in [0.5, 0.6) is 5.75 Å². The fourth-order valence-corrected chi connectivity index (χ4v) is 2.71. The highest BCUT2D eigenvalue weighted by atomic mass is 32.1. The lowest BCUT2D eigenvalue weighted by molar-refractivity contribution is -0.142. The van der Waals surface area contributed by atoms with E-state index in [1.165, 1.54) is 17.4 Å². The van der Waals surface area contributed by atoms with Crippen molar-refractivity contribution in [1.29, 1.82) is 0 Å². The number of nitrogens with zero attached hydrogens (tertiary/aromatic N) is 1. The maximum Gasteiger partial charge on any atom is 0.331 e. The largest absolute Gasteiger partial charge is 0.494 e. The maximum absolute atomic E-state index is 11.8. The van der Waals surface area contributed by atoms with E-state index in [0.29, 0.717) is 11.7 Å². The number of rotatable bonds is 7. The van der Waals surface area contributed by atoms with Crippen LogP contribution < -0.4 is 10.1 Å². The van der Waals surface area contributed by atoms with E-state index in [1.807, 2.05) is 32.0 Å². The first-order valence-corrected chi connectivity index (χ1v) is 8.23. The zero-order chi connectivity index (χ0) is 17.4. The summed E-state index contributed by atoms with van der Waals surface area (Å²) in [7, 11) is 0. The third-order valence-corrected chi connectivity index (χ3v) is 3.73. The van der Waals surface area contributed by atoms with Crippen LogP contribution in [0, 0.1) is 0 Å². The van der Waals surface area contributed by atoms with Crippen molar-refractivity contribution < 1.29 is 19.1 Å². The number of hydrogen-bond acceptors (Lipinski definition) is 6. The highest BCUT2D eigenvalue weighted by Gasteiger charge is 2.10. The standard InChI is InChI=1S/C17H18N2O4S/c1-3-5-6-7-16(21)23-11-15(20)19-17-18-13-9-8-12(22-4-2)10-14(13)24-17/h3,5-10H,4,11H2,1-2H3,(H,18,19,20)/b5-3+,7-6+. The Morgan fingerprint density at radius 1 is 1.33 bits per heavy atom. The number of carbonyl (C=O) groups is 2. The molecule has 1 heterocycles. The number of aromatic nitrogens is 1. The van der Waals surface area contributed by atoms with Gasteiger partial charge in [-0.05, 0) is 32.0 Å². The molecule has 0 aliphatic rings. The zero-order valence-corrected chi connectivity index (χ0v) is 14.3. The topological polar surface area (TPSA) is 77.5 Å². The second-order valence-corrected chi connectivity index (χ2v) is 5.65. The van der Waals surface area contributed by atoms with Crippen LogP contribution in [-0.4, -0.2) is 30.1 Å². The van der Waals surface area contributed by atoms with Crippen LogP contribution in [-0.2, 0) is 14.3 Å². The number of hydrogen-bond donors (Lipinski definition) is 1. The molecule has 0 radical (unpaired) electrons. The first-order valence-electron chi connectivity index (χ1n) is 7.41. The van der Waals surface area contributed by atoms with E-state index in [-0.39, 0.29) is 6.61 Å². The molecule has 7 heteroatoms. The number of fused-ring (bicyclic) bond motifs is 1. The molecule has 0 spiro atoms. The molecule has 0 saturated heterocycles. The molecule has 0 bridgehead atoms. The summed E-state index contributed by atoms with van der Waals surface area (Å²) in [6.07, 6.45) is 6.27. The SMILES string of the molecule is C/C=C/C=C/C(=O)OCC(=O)Nc1nc2ccc(OCC)cc2s1. The minimum Gasteiger partial charge on any atom is -0.494 e. The molecule has 1 N–H and O–H groups in total. The molecule has 2 rings (SSSR count). The molecule has 1 aromatic carbocycles. The van der Waals surface area contributed by atoms with Crippen LogP contribution in [0.4, 0.5) is 5.13 Å². The molecule has 1 amide bonds. The number of nitrogens with one attached hydrogen (secondary N) is 1. The molecule has 0 aliphatic heterocycles. The lowest BCUT2D eigenvalue weighted by atomic mass is 10.3. The predicted molar refractivity (Wildman–Crippen MR) is 94.3 cm³/mol. The van der Waals surface area contributed by atoms with Gasteiger partial charge < -0.3 is 9.47 Å². The molecule has 1 aromatic heterocycles. The molecule has 0 atom stereocenters. The summed E-state index contributed by atoms with van der Waals surface area (Å²) in [5, 5.41) is 3.07. The quantitative estimate of drug-likeness (QED) is 0.473. The Morgan fingerprint density at radius 3 is 2.92 bits per heavy atom. The van der Waals surface area contributed by atoms with Gasteiger partial charge in [0, 0.05) is 6.08 Å². The Morgan fingerprint density at radius 2 is 2.17 bits per heavy atom. The molecule has 24 heavy (non-hydrogen) atoms. The third kappa shape index (κ3) is 5.20. The molecule has 6 nitrogen and oxygen atoms in total. The summed E-state index contributed by atoms with van der Waals surface area (Å²) in [6.45, 7) is 3.97. The van der Waals surface area contributed by atoms with E-state index in [2.05, 4.69) is 10.3 Å². The van der Waals surface area contributed by atoms with Gasteiger partial charge in [-0.3, -0.25) is 10.1 Å². The van der Waals surface area contributed by atoms with E-state index in [1.54, 1.807) is 18.2 Å². The Kier molecular flexibility index (Phi) is 6.51. The van der Waals surface area contributed by atoms with E-state index < -0.39 is 11.9 Å². The molecule has 0 saturated carbocycles. The van der Waals surface area contributed by atoms with Gasteiger partial charge >= 0.3 is 5.97 Å². The first-order chi connectivity index (χ1) is 11.6. The van der Waals surface area contributed by atoms with Crippen molar-refractivity contribution in [3.05, 3.63) is 42.5 Å². The van der Waals surface area contributed by atoms with Crippen molar-refractivity contribution in [2.45, 2.75) is 13.8 Å². The average Bonchev–Trinajstić information content (AvgIpc) is 2.95. The molecular weight excluding hydrogens is 328 g/mol. The Balaban J connectivity index is 1.91. The minimum atomic E-state index is -0.575. The number of anilines is 1. The second-order valence-electron chi connectivity index (χ2n) is 4.62. The summed E-state index contributed by atoms with van der Waals surface area (Å²) < 4.78 is 11.2. The Hall–Kier alpha value is -2.67. The molecule has 0 unspecified atom stereocenters. The van der Waals surface area contributed by atoms with E-state index >= 15 is 0 Å². The van der Waals surface area contributed by atoms with Gasteiger partial charge in [-0.25, -0.2) is 9.78 Å². The summed E-state index contributed by atoms with van der Waals surface area (Å²) in [6, 6.07) is 5.53. The number of allylic oxidation sites excluding steroid dienone is 3. The lowest BCUT2D eigenvalue weighted by Crippen LogP contribution is -2.19. The van der Waals surface area contributed by atoms with Gasteiger partial charge in [-0.2, -0.15) is 0 Å². The number of carbonyl (C=O) groups excluding carboxylic acids is 2. The highest BCUT2D eigenvalue weighted by Crippen LogP contribution is 2.29. The predicted octanol–water partition coefficient (Wildman–Crippen LogP) is 3.31. The highest BCUT2D eigenvalue weighted by molar-refractivity contribution is 7.22. The van der Waals surface area contributed by atoms with Gasteiger partial charge in [0.15, 0.2) is 11.7 Å². The Bertz CT molecular complexity index is 780. The molecule has 126 valence electrons. The van der Waals surface area contributed by atoms with Gasteiger partial charge in [-0.15, -0.1) is 0 Å². The van der Waals surface area contributed by atoms with E-state index in [9.17, 15) is 9.59 Å². The van der Waals surface area contributed by atoms with Gasteiger partial charge in [0.1, 0.15) is 5.75 Å². The number of ether oxygens (including phenoxy) is 2. The van der Waals surface area contributed by atoms with Crippen LogP contribution in [0.1, 0.15) is 13.8 Å². The monoisotopic (exact) mass is 346 g/mol. The molecular formula is C17H18N2O4S. The van der Waals surface area contributed by atoms with Crippen molar-refractivity contribution in [3.8, 4) is 5.75 Å².